The number of aromatic nitrogens is 1. The van der Waals surface area contributed by atoms with Crippen molar-refractivity contribution in [2.45, 2.75) is 9.35 Å². The molecule has 0 aliphatic rings. The Morgan fingerprint density at radius 3 is 2.68 bits per heavy atom. The molecular formula is C13H10F2N2O2S3. The van der Waals surface area contributed by atoms with Crippen LogP contribution in [-0.2, 0) is 0 Å². The molecule has 0 bridgehead atoms. The van der Waals surface area contributed by atoms with Crippen molar-refractivity contribution in [3.8, 4) is 0 Å². The van der Waals surface area contributed by atoms with Gasteiger partial charge in [-0.25, -0.2) is 4.39 Å². The Hall–Kier alpha value is -1.26. The molecule has 1 heterocycles. The number of pyridine rings is 1. The zero-order valence-corrected chi connectivity index (χ0v) is 13.3. The molecule has 22 heavy (non-hydrogen) atoms. The van der Waals surface area contributed by atoms with Gasteiger partial charge in [0.15, 0.2) is 0 Å². The molecule has 116 valence electrons. The van der Waals surface area contributed by atoms with Gasteiger partial charge in [-0.05, 0) is 42.1 Å². The van der Waals surface area contributed by atoms with Crippen LogP contribution in [0.15, 0.2) is 47.5 Å². The molecule has 0 spiro atoms. The fourth-order valence-corrected chi connectivity index (χ4v) is 2.78. The highest BCUT2D eigenvalue weighted by molar-refractivity contribution is 8.15. The number of nitrogens with one attached hydrogen (secondary N) is 1. The van der Waals surface area contributed by atoms with Crippen molar-refractivity contribution in [3.63, 3.8) is 0 Å². The second-order valence-electron chi connectivity index (χ2n) is 4.04. The number of anilines is 1. The summed E-state index contributed by atoms with van der Waals surface area (Å²) in [4.78, 5) is 4.26. The van der Waals surface area contributed by atoms with E-state index >= 15 is 0 Å². The van der Waals surface area contributed by atoms with Gasteiger partial charge in [0.05, 0.1) is 10.6 Å². The molecule has 1 aromatic heterocycles. The van der Waals surface area contributed by atoms with Crippen LogP contribution in [0.25, 0.3) is 0 Å². The first-order valence-corrected chi connectivity index (χ1v) is 7.81. The molecule has 3 N–H and O–H groups in total. The Morgan fingerprint density at radius 2 is 2.05 bits per heavy atom. The lowest BCUT2D eigenvalue weighted by atomic mass is 10.3. The van der Waals surface area contributed by atoms with Gasteiger partial charge in [-0.2, -0.15) is 3.89 Å². The Labute approximate surface area is 139 Å². The molecule has 0 radical (unpaired) electrons. The van der Waals surface area contributed by atoms with E-state index in [1.165, 1.54) is 12.1 Å². The molecule has 9 heteroatoms. The number of rotatable bonds is 5. The van der Waals surface area contributed by atoms with Gasteiger partial charge in [-0.15, -0.1) is 0 Å². The molecule has 4 nitrogen and oxygen atoms in total. The quantitative estimate of drug-likeness (QED) is 0.429. The van der Waals surface area contributed by atoms with E-state index in [1.54, 1.807) is 24.4 Å². The molecule has 2 aromatic rings. The molecule has 0 amide bonds. The molecule has 0 saturated heterocycles. The number of hydrogen-bond acceptors (Lipinski definition) is 6. The average molecular weight is 360 g/mol. The van der Waals surface area contributed by atoms with E-state index in [2.05, 4.69) is 10.3 Å². The predicted octanol–water partition coefficient (Wildman–Crippen LogP) is 3.31. The Balaban J connectivity index is 2.17. The standard InChI is InChI=1S/C13H10F2N2O2S3/c14-9-5-4-8(7-11(9)21-13(18,19)22-15)17-12(20)10-3-1-2-6-16-10/h1-7,18-19H,(H,17,20). The van der Waals surface area contributed by atoms with Crippen LogP contribution in [0.2, 0.25) is 0 Å². The largest absolute Gasteiger partial charge is 0.347 e. The number of benzene rings is 1. The monoisotopic (exact) mass is 360 g/mol. The first kappa shape index (κ1) is 17.1. The first-order valence-electron chi connectivity index (χ1n) is 5.87. The molecule has 0 aliphatic carbocycles. The van der Waals surface area contributed by atoms with E-state index in [0.717, 1.165) is 6.07 Å². The maximum atomic E-state index is 13.6. The fourth-order valence-electron chi connectivity index (χ4n) is 1.51. The lowest BCUT2D eigenvalue weighted by Gasteiger charge is -2.16. The van der Waals surface area contributed by atoms with Crippen LogP contribution in [0, 0.1) is 5.82 Å². The third-order valence-corrected chi connectivity index (χ3v) is 4.18. The van der Waals surface area contributed by atoms with Gasteiger partial charge in [0.2, 0.25) is 0 Å². The van der Waals surface area contributed by atoms with Crippen molar-refractivity contribution in [2.75, 3.05) is 5.32 Å². The summed E-state index contributed by atoms with van der Waals surface area (Å²) in [5.41, 5.74) is 0.952. The molecule has 0 saturated carbocycles. The van der Waals surface area contributed by atoms with E-state index in [4.69, 9.17) is 12.2 Å². The smallest absolute Gasteiger partial charge is 0.300 e. The van der Waals surface area contributed by atoms with Crippen molar-refractivity contribution in [1.29, 1.82) is 0 Å². The highest BCUT2D eigenvalue weighted by atomic mass is 32.2. The summed E-state index contributed by atoms with van der Waals surface area (Å²) in [5.74, 6) is -0.708. The minimum absolute atomic E-state index is 0.135. The lowest BCUT2D eigenvalue weighted by Crippen LogP contribution is -2.16. The van der Waals surface area contributed by atoms with Gasteiger partial charge in [0.1, 0.15) is 23.0 Å². The number of thioether (sulfide) groups is 1. The van der Waals surface area contributed by atoms with Crippen LogP contribution in [-0.4, -0.2) is 24.6 Å². The second kappa shape index (κ2) is 7.34. The minimum atomic E-state index is -2.76. The van der Waals surface area contributed by atoms with E-state index in [0.29, 0.717) is 16.4 Å². The number of aliphatic hydroxyl groups is 2. The Bertz CT molecular complexity index is 672. The molecule has 0 unspecified atom stereocenters. The molecule has 2 rings (SSSR count). The maximum absolute atomic E-state index is 13.6. The van der Waals surface area contributed by atoms with Gasteiger partial charge in [0.25, 0.3) is 4.45 Å². The summed E-state index contributed by atoms with van der Waals surface area (Å²) in [5, 5.41) is 21.3. The first-order chi connectivity index (χ1) is 10.4. The third kappa shape index (κ3) is 4.62. The second-order valence-corrected chi connectivity index (χ2v) is 6.65. The van der Waals surface area contributed by atoms with Crippen molar-refractivity contribution in [3.05, 3.63) is 54.1 Å². The van der Waals surface area contributed by atoms with E-state index < -0.39 is 22.4 Å². The third-order valence-electron chi connectivity index (χ3n) is 2.43. The highest BCUT2D eigenvalue weighted by Crippen LogP contribution is 2.39. The average Bonchev–Trinajstić information content (AvgIpc) is 2.51. The zero-order chi connectivity index (χ0) is 16.2. The summed E-state index contributed by atoms with van der Waals surface area (Å²) in [6.07, 6.45) is 1.58. The topological polar surface area (TPSA) is 65.4 Å². The van der Waals surface area contributed by atoms with Crippen LogP contribution in [0.1, 0.15) is 5.69 Å². The van der Waals surface area contributed by atoms with E-state index in [9.17, 15) is 18.5 Å². The van der Waals surface area contributed by atoms with Crippen molar-refractivity contribution in [1.82, 2.24) is 4.98 Å². The van der Waals surface area contributed by atoms with Crippen LogP contribution >= 0.6 is 36.1 Å². The SMILES string of the molecule is OC(O)(SF)Sc1cc(NC(=S)c2ccccn2)ccc1F. The van der Waals surface area contributed by atoms with Crippen LogP contribution in [0.4, 0.5) is 14.0 Å². The number of nitrogens with zero attached hydrogens (tertiary/aromatic N) is 1. The van der Waals surface area contributed by atoms with E-state index in [1.807, 2.05) is 0 Å². The number of thiocarbonyl (C=S) groups is 1. The Kier molecular flexibility index (Phi) is 5.70. The predicted molar refractivity (Wildman–Crippen MR) is 87.7 cm³/mol. The van der Waals surface area contributed by atoms with Gasteiger partial charge in [-0.3, -0.25) is 4.98 Å². The van der Waals surface area contributed by atoms with Gasteiger partial charge in [0, 0.05) is 11.9 Å². The highest BCUT2D eigenvalue weighted by Gasteiger charge is 2.28. The van der Waals surface area contributed by atoms with Crippen LogP contribution in [0.3, 0.4) is 0 Å². The van der Waals surface area contributed by atoms with Gasteiger partial charge >= 0.3 is 0 Å². The zero-order valence-electron chi connectivity index (χ0n) is 10.9. The number of halogens is 2. The number of hydrogen-bond donors (Lipinski definition) is 3. The van der Waals surface area contributed by atoms with Gasteiger partial charge in [-0.1, -0.05) is 18.3 Å². The fraction of sp³-hybridized carbons (Fsp3) is 0.0769. The van der Waals surface area contributed by atoms with Gasteiger partial charge < -0.3 is 15.5 Å². The van der Waals surface area contributed by atoms with Crippen molar-refractivity contribution in [2.24, 2.45) is 0 Å². The molecule has 0 fully saturated rings. The summed E-state index contributed by atoms with van der Waals surface area (Å²) in [6.45, 7) is 0. The van der Waals surface area contributed by atoms with Crippen molar-refractivity contribution >= 4 is 46.8 Å². The normalized spacial score (nSPS) is 11.3. The molecular weight excluding hydrogens is 350 g/mol. The molecule has 0 aliphatic heterocycles. The van der Waals surface area contributed by atoms with Crippen LogP contribution in [0.5, 0.6) is 0 Å². The summed E-state index contributed by atoms with van der Waals surface area (Å²) in [6, 6.07) is 9.06. The summed E-state index contributed by atoms with van der Waals surface area (Å²) >= 11 is 4.71. The molecule has 0 atom stereocenters. The van der Waals surface area contributed by atoms with E-state index in [-0.39, 0.29) is 16.7 Å². The molecule has 1 aromatic carbocycles. The summed E-state index contributed by atoms with van der Waals surface area (Å²) < 4.78 is 23.2. The summed E-state index contributed by atoms with van der Waals surface area (Å²) in [7, 11) is 0. The lowest BCUT2D eigenvalue weighted by molar-refractivity contribution is 0.00427. The Morgan fingerprint density at radius 1 is 1.27 bits per heavy atom. The minimum Gasteiger partial charge on any atom is -0.347 e. The van der Waals surface area contributed by atoms with Crippen molar-refractivity contribution < 1.29 is 18.5 Å². The maximum Gasteiger partial charge on any atom is 0.300 e. The van der Waals surface area contributed by atoms with Crippen LogP contribution < -0.4 is 5.32 Å².